The number of amidine groups is 1. The van der Waals surface area contributed by atoms with Crippen LogP contribution in [0.3, 0.4) is 0 Å². The van der Waals surface area contributed by atoms with E-state index in [4.69, 9.17) is 0 Å². The first-order valence-corrected chi connectivity index (χ1v) is 3.53. The molecule has 0 fully saturated rings. The van der Waals surface area contributed by atoms with E-state index in [1.54, 1.807) is 0 Å². The van der Waals surface area contributed by atoms with Crippen LogP contribution in [0.5, 0.6) is 0 Å². The lowest BCUT2D eigenvalue weighted by atomic mass is 10.4. The first kappa shape index (κ1) is 9.27. The predicted molar refractivity (Wildman–Crippen MR) is 40.8 cm³/mol. The van der Waals surface area contributed by atoms with Gasteiger partial charge in [0.15, 0.2) is 0 Å². The number of nitrogens with one attached hydrogen (secondary N) is 1. The Balaban J connectivity index is 3.71. The number of hydrogen-bond acceptors (Lipinski definition) is 2. The highest BCUT2D eigenvalue weighted by Gasteiger charge is 1.89. The van der Waals surface area contributed by atoms with E-state index in [1.807, 2.05) is 27.7 Å². The van der Waals surface area contributed by atoms with E-state index >= 15 is 0 Å². The van der Waals surface area contributed by atoms with Crippen LogP contribution in [-0.4, -0.2) is 18.1 Å². The van der Waals surface area contributed by atoms with Crippen LogP contribution >= 0.6 is 0 Å². The summed E-state index contributed by atoms with van der Waals surface area (Å²) in [6, 6.07) is 0.0405. The van der Waals surface area contributed by atoms with E-state index in [2.05, 4.69) is 10.3 Å². The normalized spacial score (nSPS) is 12.8. The van der Waals surface area contributed by atoms with Crippen molar-refractivity contribution in [2.24, 2.45) is 4.99 Å². The third-order valence-corrected chi connectivity index (χ3v) is 0.788. The van der Waals surface area contributed by atoms with Gasteiger partial charge in [0.25, 0.3) is 0 Å². The molecule has 0 bridgehead atoms. The number of nitrogens with zero attached hydrogens (tertiary/aromatic N) is 1. The average Bonchev–Trinajstić information content (AvgIpc) is 1.58. The quantitative estimate of drug-likeness (QED) is 0.440. The minimum absolute atomic E-state index is 0.0822. The summed E-state index contributed by atoms with van der Waals surface area (Å²) in [6.07, 6.45) is 0. The number of rotatable bonds is 2. The fourth-order valence-electron chi connectivity index (χ4n) is 0.519. The summed E-state index contributed by atoms with van der Waals surface area (Å²) < 4.78 is 0. The second-order valence-corrected chi connectivity index (χ2v) is 2.83. The van der Waals surface area contributed by atoms with Gasteiger partial charge in [-0.3, -0.25) is 4.99 Å². The molecule has 0 rings (SSSR count). The van der Waals surface area contributed by atoms with Crippen molar-refractivity contribution in [3.05, 3.63) is 0 Å². The summed E-state index contributed by atoms with van der Waals surface area (Å²) in [5, 5.41) is 13.5. The van der Waals surface area contributed by atoms with Gasteiger partial charge in [-0.1, -0.05) is 0 Å². The Morgan fingerprint density at radius 3 is 2.10 bits per heavy atom. The first-order chi connectivity index (χ1) is 4.52. The molecule has 0 amide bonds. The van der Waals surface area contributed by atoms with E-state index in [9.17, 15) is 5.11 Å². The lowest BCUT2D eigenvalue weighted by molar-refractivity contribution is -0.222. The van der Waals surface area contributed by atoms with Crippen LogP contribution < -0.4 is 10.4 Å². The molecule has 0 heterocycles. The molecule has 0 radical (unpaired) electrons. The highest BCUT2D eigenvalue weighted by molar-refractivity contribution is 5.69. The van der Waals surface area contributed by atoms with Crippen LogP contribution in [0.2, 0.25) is 0 Å². The zero-order valence-electron chi connectivity index (χ0n) is 7.01. The van der Waals surface area contributed by atoms with Gasteiger partial charge < -0.3 is 10.4 Å². The minimum atomic E-state index is -0.218. The highest BCUT2D eigenvalue weighted by Crippen LogP contribution is 1.84. The van der Waals surface area contributed by atoms with Gasteiger partial charge in [-0.2, -0.15) is 0 Å². The van der Waals surface area contributed by atoms with Crippen molar-refractivity contribution in [2.75, 3.05) is 0 Å². The van der Waals surface area contributed by atoms with Gasteiger partial charge in [0.2, 0.25) is 0 Å². The second-order valence-electron chi connectivity index (χ2n) is 2.83. The molecule has 0 aliphatic carbocycles. The van der Waals surface area contributed by atoms with Crippen LogP contribution in [0.15, 0.2) is 4.99 Å². The Morgan fingerprint density at radius 1 is 1.30 bits per heavy atom. The summed E-state index contributed by atoms with van der Waals surface area (Å²) in [4.78, 5) is 3.77. The second kappa shape index (κ2) is 4.14. The van der Waals surface area contributed by atoms with Gasteiger partial charge in [-0.05, 0) is 27.7 Å². The Hall–Kier alpha value is -0.730. The number of hydrogen-bond donors (Lipinski definition) is 1. The maximum atomic E-state index is 10.8. The summed E-state index contributed by atoms with van der Waals surface area (Å²) >= 11 is 0. The first-order valence-electron chi connectivity index (χ1n) is 3.53. The third-order valence-electron chi connectivity index (χ3n) is 0.788. The lowest BCUT2D eigenvalue weighted by Crippen LogP contribution is -2.40. The van der Waals surface area contributed by atoms with Crippen molar-refractivity contribution in [1.29, 1.82) is 0 Å². The Kier molecular flexibility index (Phi) is 3.84. The molecule has 3 nitrogen and oxygen atoms in total. The molecular formula is C7H15N2O-. The molecule has 0 unspecified atom stereocenters. The molecule has 0 aliphatic rings. The van der Waals surface area contributed by atoms with Crippen molar-refractivity contribution in [3.63, 3.8) is 0 Å². The lowest BCUT2D eigenvalue weighted by Gasteiger charge is -2.17. The van der Waals surface area contributed by atoms with Crippen molar-refractivity contribution in [1.82, 2.24) is 5.32 Å². The highest BCUT2D eigenvalue weighted by atomic mass is 16.3. The van der Waals surface area contributed by atoms with Gasteiger partial charge in [-0.25, -0.2) is 0 Å². The zero-order chi connectivity index (χ0) is 8.15. The molecule has 0 saturated heterocycles. The zero-order valence-corrected chi connectivity index (χ0v) is 7.01. The monoisotopic (exact) mass is 143 g/mol. The van der Waals surface area contributed by atoms with Gasteiger partial charge >= 0.3 is 0 Å². The molecule has 0 atom stereocenters. The van der Waals surface area contributed by atoms with Gasteiger partial charge in [0.05, 0.1) is 0 Å². The molecule has 0 spiro atoms. The molecule has 0 aromatic heterocycles. The average molecular weight is 143 g/mol. The largest absolute Gasteiger partial charge is 0.846 e. The molecule has 0 saturated carbocycles. The van der Waals surface area contributed by atoms with Crippen LogP contribution in [-0.2, 0) is 0 Å². The summed E-state index contributed by atoms with van der Waals surface area (Å²) in [5.74, 6) is 0. The molecular weight excluding hydrogens is 128 g/mol. The maximum Gasteiger partial charge on any atom is 0.0477 e. The van der Waals surface area contributed by atoms with Gasteiger partial charge in [-0.15, -0.1) is 0 Å². The molecule has 60 valence electrons. The van der Waals surface area contributed by atoms with E-state index < -0.39 is 0 Å². The third kappa shape index (κ3) is 5.41. The van der Waals surface area contributed by atoms with E-state index in [0.717, 1.165) is 0 Å². The Bertz CT molecular complexity index is 119. The van der Waals surface area contributed by atoms with Crippen LogP contribution in [0.4, 0.5) is 0 Å². The Labute approximate surface area is 62.2 Å². The fraction of sp³-hybridized carbons (Fsp3) is 0.857. The minimum Gasteiger partial charge on any atom is -0.846 e. The summed E-state index contributed by atoms with van der Waals surface area (Å²) in [5.41, 5.74) is 0. The smallest absolute Gasteiger partial charge is 0.0477 e. The maximum absolute atomic E-state index is 10.8. The van der Waals surface area contributed by atoms with Gasteiger partial charge in [0.1, 0.15) is 0 Å². The van der Waals surface area contributed by atoms with E-state index in [1.165, 1.54) is 0 Å². The Morgan fingerprint density at radius 2 is 1.80 bits per heavy atom. The summed E-state index contributed by atoms with van der Waals surface area (Å²) in [6.45, 7) is 7.57. The van der Waals surface area contributed by atoms with Crippen molar-refractivity contribution in [2.45, 2.75) is 39.8 Å². The van der Waals surface area contributed by atoms with Crippen molar-refractivity contribution in [3.8, 4) is 0 Å². The standard InChI is InChI=1S/C7H16N2O/c1-5(2)8-7(10)9-6(3)4/h5-6H,1-4H3,(H2,8,9,10)/p-1. The fourth-order valence-corrected chi connectivity index (χ4v) is 0.519. The topological polar surface area (TPSA) is 47.5 Å². The molecule has 3 heteroatoms. The van der Waals surface area contributed by atoms with Crippen molar-refractivity contribution >= 4 is 6.02 Å². The SMILES string of the molecule is CC(C)N=C([O-])NC(C)C. The summed E-state index contributed by atoms with van der Waals surface area (Å²) in [7, 11) is 0. The van der Waals surface area contributed by atoms with E-state index in [0.29, 0.717) is 0 Å². The number of aliphatic imine (C=N–C) groups is 1. The molecule has 0 aromatic carbocycles. The molecule has 10 heavy (non-hydrogen) atoms. The molecule has 1 N–H and O–H groups in total. The van der Waals surface area contributed by atoms with Crippen LogP contribution in [0, 0.1) is 0 Å². The van der Waals surface area contributed by atoms with E-state index in [-0.39, 0.29) is 18.1 Å². The molecule has 0 aliphatic heterocycles. The predicted octanol–water partition coefficient (Wildman–Crippen LogP) is 0.109. The molecule has 0 aromatic rings. The van der Waals surface area contributed by atoms with Crippen LogP contribution in [0.1, 0.15) is 27.7 Å². The van der Waals surface area contributed by atoms with Gasteiger partial charge in [0, 0.05) is 18.1 Å². The van der Waals surface area contributed by atoms with Crippen molar-refractivity contribution < 1.29 is 5.11 Å². The van der Waals surface area contributed by atoms with Crippen LogP contribution in [0.25, 0.3) is 0 Å².